The van der Waals surface area contributed by atoms with Gasteiger partial charge in [0.05, 0.1) is 22.6 Å². The van der Waals surface area contributed by atoms with Crippen molar-refractivity contribution in [2.24, 2.45) is 0 Å². The van der Waals surface area contributed by atoms with Crippen LogP contribution in [0.1, 0.15) is 24.2 Å². The van der Waals surface area contributed by atoms with Crippen molar-refractivity contribution in [1.29, 1.82) is 0 Å². The number of amides is 1. The van der Waals surface area contributed by atoms with Crippen LogP contribution in [0, 0.1) is 3.57 Å². The molecular formula is C14H16Cl2INO2. The largest absolute Gasteiger partial charge is 0.367 e. The van der Waals surface area contributed by atoms with Gasteiger partial charge in [-0.3, -0.25) is 4.79 Å². The molecule has 0 aromatic heterocycles. The maximum Gasteiger partial charge on any atom is 0.254 e. The Hall–Kier alpha value is -0.0400. The average Bonchev–Trinajstić information content (AvgIpc) is 2.39. The quantitative estimate of drug-likeness (QED) is 0.530. The number of halogens is 3. The Morgan fingerprint density at radius 1 is 1.55 bits per heavy atom. The van der Waals surface area contributed by atoms with E-state index >= 15 is 0 Å². The van der Waals surface area contributed by atoms with Crippen LogP contribution in [0.15, 0.2) is 18.2 Å². The number of carbonyl (C=O) groups excluding carboxylic acids is 1. The second-order valence-corrected chi connectivity index (χ2v) is 7.35. The number of hydrogen-bond donors (Lipinski definition) is 0. The highest BCUT2D eigenvalue weighted by atomic mass is 127. The second kappa shape index (κ2) is 6.38. The molecule has 1 unspecified atom stereocenters. The molecule has 3 nitrogen and oxygen atoms in total. The molecule has 0 N–H and O–H groups in total. The summed E-state index contributed by atoms with van der Waals surface area (Å²) in [6, 6.07) is 5.36. The van der Waals surface area contributed by atoms with Gasteiger partial charge in [-0.2, -0.15) is 0 Å². The minimum atomic E-state index is -0.388. The first-order valence-electron chi connectivity index (χ1n) is 6.30. The van der Waals surface area contributed by atoms with E-state index in [1.165, 1.54) is 0 Å². The minimum Gasteiger partial charge on any atom is -0.367 e. The number of carbonyl (C=O) groups is 1. The molecule has 1 atom stereocenters. The van der Waals surface area contributed by atoms with Gasteiger partial charge in [-0.25, -0.2) is 0 Å². The Morgan fingerprint density at radius 2 is 2.25 bits per heavy atom. The molecule has 1 aliphatic rings. The van der Waals surface area contributed by atoms with Crippen LogP contribution in [0.2, 0.25) is 5.02 Å². The summed E-state index contributed by atoms with van der Waals surface area (Å²) in [6.45, 7) is 4.98. The van der Waals surface area contributed by atoms with Crippen molar-refractivity contribution >= 4 is 51.7 Å². The second-order valence-electron chi connectivity index (χ2n) is 5.47. The number of ether oxygens (including phenoxy) is 1. The van der Waals surface area contributed by atoms with Gasteiger partial charge in [0.2, 0.25) is 0 Å². The fourth-order valence-corrected chi connectivity index (χ4v) is 3.02. The third-order valence-electron chi connectivity index (χ3n) is 3.11. The molecule has 110 valence electrons. The fourth-order valence-electron chi connectivity index (χ4n) is 2.34. The van der Waals surface area contributed by atoms with Crippen molar-refractivity contribution < 1.29 is 9.53 Å². The van der Waals surface area contributed by atoms with Crippen LogP contribution in [-0.4, -0.2) is 41.5 Å². The van der Waals surface area contributed by atoms with Crippen molar-refractivity contribution in [3.8, 4) is 0 Å². The van der Waals surface area contributed by atoms with Crippen LogP contribution in [0.25, 0.3) is 0 Å². The summed E-state index contributed by atoms with van der Waals surface area (Å²) < 4.78 is 6.76. The normalized spacial score (nSPS) is 21.9. The summed E-state index contributed by atoms with van der Waals surface area (Å²) in [5.41, 5.74) is 0.210. The van der Waals surface area contributed by atoms with E-state index in [0.29, 0.717) is 29.6 Å². The Morgan fingerprint density at radius 3 is 2.85 bits per heavy atom. The van der Waals surface area contributed by atoms with E-state index in [1.54, 1.807) is 17.0 Å². The fraction of sp³-hybridized carbons (Fsp3) is 0.500. The van der Waals surface area contributed by atoms with Crippen molar-refractivity contribution in [3.05, 3.63) is 32.4 Å². The molecule has 0 spiro atoms. The molecular weight excluding hydrogens is 412 g/mol. The van der Waals surface area contributed by atoms with Gasteiger partial charge in [-0.15, -0.1) is 11.6 Å². The van der Waals surface area contributed by atoms with Crippen molar-refractivity contribution in [1.82, 2.24) is 4.90 Å². The predicted octanol–water partition coefficient (Wildman–Crippen LogP) is 3.80. The number of benzene rings is 1. The van der Waals surface area contributed by atoms with Crippen LogP contribution in [0.4, 0.5) is 0 Å². The van der Waals surface area contributed by atoms with Gasteiger partial charge in [-0.05, 0) is 54.6 Å². The Bertz CT molecular complexity index is 522. The smallest absolute Gasteiger partial charge is 0.254 e. The highest BCUT2D eigenvalue weighted by Gasteiger charge is 2.35. The van der Waals surface area contributed by atoms with Gasteiger partial charge in [-0.1, -0.05) is 11.6 Å². The van der Waals surface area contributed by atoms with Crippen LogP contribution in [-0.2, 0) is 4.74 Å². The van der Waals surface area contributed by atoms with Crippen LogP contribution >= 0.6 is 45.8 Å². The summed E-state index contributed by atoms with van der Waals surface area (Å²) in [6.07, 6.45) is -0.135. The third kappa shape index (κ3) is 3.78. The van der Waals surface area contributed by atoms with Crippen molar-refractivity contribution in [3.63, 3.8) is 0 Å². The van der Waals surface area contributed by atoms with Gasteiger partial charge < -0.3 is 9.64 Å². The highest BCUT2D eigenvalue weighted by molar-refractivity contribution is 14.1. The first kappa shape index (κ1) is 16.3. The molecule has 20 heavy (non-hydrogen) atoms. The zero-order valence-electron chi connectivity index (χ0n) is 11.3. The van der Waals surface area contributed by atoms with E-state index in [9.17, 15) is 4.79 Å². The summed E-state index contributed by atoms with van der Waals surface area (Å²) >= 11 is 14.1. The van der Waals surface area contributed by atoms with Crippen LogP contribution in [0.5, 0.6) is 0 Å². The molecule has 1 aromatic carbocycles. The number of nitrogens with zero attached hydrogens (tertiary/aromatic N) is 1. The summed E-state index contributed by atoms with van der Waals surface area (Å²) in [5.74, 6) is 0.343. The molecule has 1 fully saturated rings. The Labute approximate surface area is 142 Å². The molecule has 0 radical (unpaired) electrons. The summed E-state index contributed by atoms with van der Waals surface area (Å²) in [5, 5.41) is 0.595. The van der Waals surface area contributed by atoms with E-state index in [2.05, 4.69) is 22.6 Å². The SMILES string of the molecule is CC1(C)CN(C(=O)c2ccc(I)c(Cl)c2)CC(CCl)O1. The van der Waals surface area contributed by atoms with Gasteiger partial charge >= 0.3 is 0 Å². The molecule has 0 aliphatic carbocycles. The molecule has 0 saturated carbocycles. The lowest BCUT2D eigenvalue weighted by atomic mass is 10.0. The summed E-state index contributed by atoms with van der Waals surface area (Å²) in [4.78, 5) is 14.4. The molecule has 1 saturated heterocycles. The number of rotatable bonds is 2. The maximum absolute atomic E-state index is 12.6. The molecule has 2 rings (SSSR count). The average molecular weight is 428 g/mol. The molecule has 1 aliphatic heterocycles. The highest BCUT2D eigenvalue weighted by Crippen LogP contribution is 2.25. The molecule has 1 heterocycles. The molecule has 6 heteroatoms. The van der Waals surface area contributed by atoms with Crippen LogP contribution < -0.4 is 0 Å². The zero-order chi connectivity index (χ0) is 14.9. The van der Waals surface area contributed by atoms with E-state index in [1.807, 2.05) is 19.9 Å². The van der Waals surface area contributed by atoms with E-state index in [4.69, 9.17) is 27.9 Å². The lowest BCUT2D eigenvalue weighted by molar-refractivity contribution is -0.117. The first-order chi connectivity index (χ1) is 9.32. The van der Waals surface area contributed by atoms with Gasteiger partial charge in [0.15, 0.2) is 0 Å². The summed E-state index contributed by atoms with van der Waals surface area (Å²) in [7, 11) is 0. The predicted molar refractivity (Wildman–Crippen MR) is 89.7 cm³/mol. The Kier molecular flexibility index (Phi) is 5.21. The lowest BCUT2D eigenvalue weighted by Crippen LogP contribution is -2.55. The van der Waals surface area contributed by atoms with E-state index in [-0.39, 0.29) is 17.6 Å². The van der Waals surface area contributed by atoms with Crippen LogP contribution in [0.3, 0.4) is 0 Å². The third-order valence-corrected chi connectivity index (χ3v) is 5.02. The first-order valence-corrected chi connectivity index (χ1v) is 8.29. The topological polar surface area (TPSA) is 29.5 Å². The van der Waals surface area contributed by atoms with Gasteiger partial charge in [0, 0.05) is 22.2 Å². The Balaban J connectivity index is 2.21. The zero-order valence-corrected chi connectivity index (χ0v) is 15.0. The van der Waals surface area contributed by atoms with E-state index < -0.39 is 0 Å². The maximum atomic E-state index is 12.6. The molecule has 1 amide bonds. The number of hydrogen-bond acceptors (Lipinski definition) is 2. The van der Waals surface area contributed by atoms with Gasteiger partial charge in [0.1, 0.15) is 0 Å². The molecule has 1 aromatic rings. The number of alkyl halides is 1. The standard InChI is InChI=1S/C14H16Cl2INO2/c1-14(2)8-18(7-10(6-15)20-14)13(19)9-3-4-12(17)11(16)5-9/h3-5,10H,6-8H2,1-2H3. The minimum absolute atomic E-state index is 0.0326. The monoisotopic (exact) mass is 427 g/mol. The van der Waals surface area contributed by atoms with E-state index in [0.717, 1.165) is 3.57 Å². The number of morpholine rings is 1. The van der Waals surface area contributed by atoms with Crippen molar-refractivity contribution in [2.75, 3.05) is 19.0 Å². The lowest BCUT2D eigenvalue weighted by Gasteiger charge is -2.42. The van der Waals surface area contributed by atoms with Crippen molar-refractivity contribution in [2.45, 2.75) is 25.6 Å². The van der Waals surface area contributed by atoms with Gasteiger partial charge in [0.25, 0.3) is 5.91 Å². The molecule has 0 bridgehead atoms.